The molecule has 4 rings (SSSR count). The van der Waals surface area contributed by atoms with Crippen molar-refractivity contribution in [3.8, 4) is 22.9 Å². The molecule has 100 valence electrons. The van der Waals surface area contributed by atoms with Gasteiger partial charge in [-0.1, -0.05) is 13.0 Å². The van der Waals surface area contributed by atoms with Gasteiger partial charge in [-0.15, -0.1) is 0 Å². The number of nitrogens with zero attached hydrogens (tertiary/aromatic N) is 1. The predicted molar refractivity (Wildman–Crippen MR) is 77.0 cm³/mol. The van der Waals surface area contributed by atoms with Crippen LogP contribution in [-0.2, 0) is 6.42 Å². The first kappa shape index (κ1) is 11.3. The molecule has 0 saturated carbocycles. The van der Waals surface area contributed by atoms with Crippen LogP contribution >= 0.6 is 0 Å². The summed E-state index contributed by atoms with van der Waals surface area (Å²) in [5.74, 6) is 2.42. The fourth-order valence-electron chi connectivity index (χ4n) is 2.46. The van der Waals surface area contributed by atoms with E-state index in [1.165, 1.54) is 5.56 Å². The van der Waals surface area contributed by atoms with Crippen LogP contribution in [0.15, 0.2) is 36.4 Å². The highest BCUT2D eigenvalue weighted by atomic mass is 16.7. The second-order valence-electron chi connectivity index (χ2n) is 4.86. The molecule has 0 spiro atoms. The van der Waals surface area contributed by atoms with Crippen LogP contribution in [-0.4, -0.2) is 16.8 Å². The van der Waals surface area contributed by atoms with Gasteiger partial charge in [-0.3, -0.25) is 0 Å². The lowest BCUT2D eigenvalue weighted by Gasteiger charge is -1.99. The molecule has 2 heterocycles. The van der Waals surface area contributed by atoms with Crippen molar-refractivity contribution in [2.45, 2.75) is 13.3 Å². The topological polar surface area (TPSA) is 47.1 Å². The fourth-order valence-corrected chi connectivity index (χ4v) is 2.46. The Labute approximate surface area is 116 Å². The average Bonchev–Trinajstić information content (AvgIpc) is 3.11. The van der Waals surface area contributed by atoms with Crippen LogP contribution in [0, 0.1) is 0 Å². The molecule has 0 saturated heterocycles. The molecule has 3 aromatic rings. The van der Waals surface area contributed by atoms with Crippen LogP contribution in [0.4, 0.5) is 0 Å². The average molecular weight is 266 g/mol. The monoisotopic (exact) mass is 266 g/mol. The summed E-state index contributed by atoms with van der Waals surface area (Å²) >= 11 is 0. The molecule has 0 radical (unpaired) electrons. The Morgan fingerprint density at radius 1 is 1.10 bits per heavy atom. The second kappa shape index (κ2) is 4.27. The second-order valence-corrected chi connectivity index (χ2v) is 4.86. The maximum Gasteiger partial charge on any atom is 0.231 e. The number of H-pyrrole nitrogens is 1. The van der Waals surface area contributed by atoms with Crippen molar-refractivity contribution in [1.29, 1.82) is 0 Å². The molecule has 1 aliphatic rings. The van der Waals surface area contributed by atoms with Crippen LogP contribution in [0.25, 0.3) is 22.4 Å². The van der Waals surface area contributed by atoms with E-state index in [0.717, 1.165) is 40.3 Å². The van der Waals surface area contributed by atoms with Gasteiger partial charge < -0.3 is 14.5 Å². The lowest BCUT2D eigenvalue weighted by molar-refractivity contribution is 0.174. The standard InChI is InChI=1S/C16H14N2O2/c1-2-10-3-5-12-13(7-10)18-16(17-12)11-4-6-14-15(8-11)20-9-19-14/h3-8H,2,9H2,1H3,(H,17,18). The summed E-state index contributed by atoms with van der Waals surface area (Å²) in [6, 6.07) is 12.2. The van der Waals surface area contributed by atoms with Gasteiger partial charge in [-0.25, -0.2) is 4.98 Å². The third-order valence-corrected chi connectivity index (χ3v) is 3.60. The Balaban J connectivity index is 1.81. The van der Waals surface area contributed by atoms with E-state index >= 15 is 0 Å². The molecular formula is C16H14N2O2. The smallest absolute Gasteiger partial charge is 0.231 e. The first-order chi connectivity index (χ1) is 9.83. The Hall–Kier alpha value is -2.49. The zero-order valence-electron chi connectivity index (χ0n) is 11.1. The summed E-state index contributed by atoms with van der Waals surface area (Å²) in [5, 5.41) is 0. The summed E-state index contributed by atoms with van der Waals surface area (Å²) < 4.78 is 10.7. The van der Waals surface area contributed by atoms with Crippen molar-refractivity contribution < 1.29 is 9.47 Å². The largest absolute Gasteiger partial charge is 0.454 e. The zero-order valence-corrected chi connectivity index (χ0v) is 11.1. The van der Waals surface area contributed by atoms with Crippen LogP contribution < -0.4 is 9.47 Å². The number of benzene rings is 2. The predicted octanol–water partition coefficient (Wildman–Crippen LogP) is 3.52. The number of aromatic amines is 1. The van der Waals surface area contributed by atoms with E-state index in [1.54, 1.807) is 0 Å². The number of ether oxygens (including phenoxy) is 2. The SMILES string of the molecule is CCc1ccc2nc(-c3ccc4c(c3)OCO4)[nH]c2c1. The summed E-state index contributed by atoms with van der Waals surface area (Å²) in [5.41, 5.74) is 4.36. The molecule has 1 N–H and O–H groups in total. The summed E-state index contributed by atoms with van der Waals surface area (Å²) in [7, 11) is 0. The van der Waals surface area contributed by atoms with Gasteiger partial charge in [0.1, 0.15) is 5.82 Å². The number of hydrogen-bond donors (Lipinski definition) is 1. The van der Waals surface area contributed by atoms with Gasteiger partial charge in [-0.05, 0) is 42.3 Å². The highest BCUT2D eigenvalue weighted by Gasteiger charge is 2.15. The number of hydrogen-bond acceptors (Lipinski definition) is 3. The van der Waals surface area contributed by atoms with Crippen LogP contribution in [0.3, 0.4) is 0 Å². The molecule has 0 bridgehead atoms. The number of aromatic nitrogens is 2. The van der Waals surface area contributed by atoms with Crippen molar-refractivity contribution in [1.82, 2.24) is 9.97 Å². The van der Waals surface area contributed by atoms with Gasteiger partial charge in [0.2, 0.25) is 6.79 Å². The van der Waals surface area contributed by atoms with Gasteiger partial charge in [0.15, 0.2) is 11.5 Å². The fraction of sp³-hybridized carbons (Fsp3) is 0.188. The molecule has 4 nitrogen and oxygen atoms in total. The van der Waals surface area contributed by atoms with Crippen molar-refractivity contribution in [2.24, 2.45) is 0 Å². The molecule has 0 amide bonds. The molecule has 1 aliphatic heterocycles. The van der Waals surface area contributed by atoms with Crippen molar-refractivity contribution in [3.05, 3.63) is 42.0 Å². The molecule has 0 fully saturated rings. The summed E-state index contributed by atoms with van der Waals surface area (Å²) in [6.07, 6.45) is 1.02. The Morgan fingerprint density at radius 2 is 2.00 bits per heavy atom. The third-order valence-electron chi connectivity index (χ3n) is 3.60. The zero-order chi connectivity index (χ0) is 13.5. The highest BCUT2D eigenvalue weighted by molar-refractivity contribution is 5.80. The molecule has 0 unspecified atom stereocenters. The van der Waals surface area contributed by atoms with Gasteiger partial charge in [-0.2, -0.15) is 0 Å². The number of aryl methyl sites for hydroxylation is 1. The van der Waals surface area contributed by atoms with Gasteiger partial charge in [0, 0.05) is 5.56 Å². The van der Waals surface area contributed by atoms with Crippen molar-refractivity contribution in [3.63, 3.8) is 0 Å². The lowest BCUT2D eigenvalue weighted by atomic mass is 10.1. The van der Waals surface area contributed by atoms with Crippen LogP contribution in [0.1, 0.15) is 12.5 Å². The van der Waals surface area contributed by atoms with E-state index in [9.17, 15) is 0 Å². The van der Waals surface area contributed by atoms with E-state index in [4.69, 9.17) is 9.47 Å². The number of imidazole rings is 1. The molecule has 2 aromatic carbocycles. The molecular weight excluding hydrogens is 252 g/mol. The molecule has 4 heteroatoms. The molecule has 1 aromatic heterocycles. The van der Waals surface area contributed by atoms with E-state index in [-0.39, 0.29) is 0 Å². The Kier molecular flexibility index (Phi) is 2.42. The van der Waals surface area contributed by atoms with Gasteiger partial charge >= 0.3 is 0 Å². The Bertz CT molecular complexity index is 792. The van der Waals surface area contributed by atoms with Crippen LogP contribution in [0.2, 0.25) is 0 Å². The van der Waals surface area contributed by atoms with Crippen LogP contribution in [0.5, 0.6) is 11.5 Å². The molecule has 20 heavy (non-hydrogen) atoms. The van der Waals surface area contributed by atoms with E-state index < -0.39 is 0 Å². The number of fused-ring (bicyclic) bond motifs is 2. The lowest BCUT2D eigenvalue weighted by Crippen LogP contribution is -1.92. The summed E-state index contributed by atoms with van der Waals surface area (Å²) in [6.45, 7) is 2.44. The number of rotatable bonds is 2. The van der Waals surface area contributed by atoms with Gasteiger partial charge in [0.25, 0.3) is 0 Å². The first-order valence-electron chi connectivity index (χ1n) is 6.72. The minimum absolute atomic E-state index is 0.290. The van der Waals surface area contributed by atoms with E-state index in [0.29, 0.717) is 6.79 Å². The highest BCUT2D eigenvalue weighted by Crippen LogP contribution is 2.35. The maximum absolute atomic E-state index is 5.41. The Morgan fingerprint density at radius 3 is 2.90 bits per heavy atom. The molecule has 0 aliphatic carbocycles. The third kappa shape index (κ3) is 1.72. The molecule has 0 atom stereocenters. The maximum atomic E-state index is 5.41. The minimum atomic E-state index is 0.290. The number of nitrogens with one attached hydrogen (secondary N) is 1. The van der Waals surface area contributed by atoms with E-state index in [1.807, 2.05) is 18.2 Å². The van der Waals surface area contributed by atoms with Gasteiger partial charge in [0.05, 0.1) is 11.0 Å². The van der Waals surface area contributed by atoms with Crippen molar-refractivity contribution >= 4 is 11.0 Å². The quantitative estimate of drug-likeness (QED) is 0.772. The van der Waals surface area contributed by atoms with Crippen molar-refractivity contribution in [2.75, 3.05) is 6.79 Å². The minimum Gasteiger partial charge on any atom is -0.454 e. The normalized spacial score (nSPS) is 13.1. The first-order valence-corrected chi connectivity index (χ1v) is 6.72. The summed E-state index contributed by atoms with van der Waals surface area (Å²) in [4.78, 5) is 8.00. The van der Waals surface area contributed by atoms with E-state index in [2.05, 4.69) is 35.1 Å².